The second-order valence-corrected chi connectivity index (χ2v) is 7.74. The molecule has 0 saturated heterocycles. The Hall–Kier alpha value is -3.92. The molecule has 0 aliphatic heterocycles. The summed E-state index contributed by atoms with van der Waals surface area (Å²) in [5.74, 6) is 0.684. The summed E-state index contributed by atoms with van der Waals surface area (Å²) in [7, 11) is 1.48. The summed E-state index contributed by atoms with van der Waals surface area (Å²) in [6.07, 6.45) is 2.82. The van der Waals surface area contributed by atoms with E-state index >= 15 is 0 Å². The van der Waals surface area contributed by atoms with Crippen LogP contribution in [0.4, 0.5) is 5.13 Å². The number of amides is 1. The number of methoxy groups -OCH3 is 1. The van der Waals surface area contributed by atoms with Crippen LogP contribution < -0.4 is 25.9 Å². The standard InChI is InChI=1S/C22H20N4O5S/c1-3-31-14-8-9-18-15(12-14)23-22(32-18)24-19(27)13-25-10-11-26(21(29)20(25)28)16-6-4-5-7-17(16)30-2/h4-12H,3,13H2,1-2H3,(H,23,24,27). The van der Waals surface area contributed by atoms with Gasteiger partial charge in [-0.05, 0) is 31.2 Å². The van der Waals surface area contributed by atoms with Gasteiger partial charge in [-0.1, -0.05) is 23.5 Å². The molecule has 0 unspecified atom stereocenters. The zero-order valence-electron chi connectivity index (χ0n) is 17.4. The minimum atomic E-state index is -0.820. The second kappa shape index (κ2) is 9.06. The summed E-state index contributed by atoms with van der Waals surface area (Å²) in [5, 5.41) is 3.08. The van der Waals surface area contributed by atoms with Gasteiger partial charge in [0.05, 0.1) is 29.6 Å². The minimum absolute atomic E-state index is 0.318. The number of carbonyl (C=O) groups is 1. The summed E-state index contributed by atoms with van der Waals surface area (Å²) < 4.78 is 13.9. The van der Waals surface area contributed by atoms with E-state index in [0.717, 1.165) is 9.27 Å². The van der Waals surface area contributed by atoms with Crippen molar-refractivity contribution in [2.24, 2.45) is 0 Å². The molecule has 2 aromatic carbocycles. The number of thiazole rings is 1. The molecule has 32 heavy (non-hydrogen) atoms. The van der Waals surface area contributed by atoms with Crippen molar-refractivity contribution in [2.75, 3.05) is 19.0 Å². The molecule has 10 heteroatoms. The van der Waals surface area contributed by atoms with E-state index in [-0.39, 0.29) is 6.54 Å². The summed E-state index contributed by atoms with van der Waals surface area (Å²) >= 11 is 1.31. The maximum absolute atomic E-state index is 12.6. The van der Waals surface area contributed by atoms with Crippen LogP contribution in [0.5, 0.6) is 11.5 Å². The average Bonchev–Trinajstić information content (AvgIpc) is 3.18. The van der Waals surface area contributed by atoms with E-state index in [1.807, 2.05) is 19.1 Å². The molecule has 2 heterocycles. The molecule has 0 radical (unpaired) electrons. The third-order valence-electron chi connectivity index (χ3n) is 4.63. The number of benzene rings is 2. The lowest BCUT2D eigenvalue weighted by Gasteiger charge is -2.11. The molecule has 0 saturated carbocycles. The summed E-state index contributed by atoms with van der Waals surface area (Å²) in [6.45, 7) is 2.12. The molecular formula is C22H20N4O5S. The van der Waals surface area contributed by atoms with Crippen molar-refractivity contribution in [1.29, 1.82) is 0 Å². The molecule has 2 aromatic heterocycles. The van der Waals surface area contributed by atoms with Crippen LogP contribution in [0.25, 0.3) is 15.9 Å². The van der Waals surface area contributed by atoms with E-state index in [2.05, 4.69) is 10.3 Å². The fraction of sp³-hybridized carbons (Fsp3) is 0.182. The number of hydrogen-bond donors (Lipinski definition) is 1. The summed E-state index contributed by atoms with van der Waals surface area (Å²) in [5.41, 5.74) is -0.463. The number of aromatic nitrogens is 3. The Kier molecular flexibility index (Phi) is 6.04. The van der Waals surface area contributed by atoms with Gasteiger partial charge in [-0.2, -0.15) is 0 Å². The van der Waals surface area contributed by atoms with Crippen LogP contribution in [0.1, 0.15) is 6.92 Å². The van der Waals surface area contributed by atoms with Crippen molar-refractivity contribution in [1.82, 2.24) is 14.1 Å². The molecule has 1 amide bonds. The van der Waals surface area contributed by atoms with Gasteiger partial charge < -0.3 is 14.8 Å². The first kappa shape index (κ1) is 21.3. The van der Waals surface area contributed by atoms with Crippen molar-refractivity contribution < 1.29 is 14.3 Å². The summed E-state index contributed by atoms with van der Waals surface area (Å²) in [6, 6.07) is 12.4. The van der Waals surface area contributed by atoms with Gasteiger partial charge in [0.25, 0.3) is 0 Å². The number of para-hydroxylation sites is 2. The molecule has 1 N–H and O–H groups in total. The molecule has 0 bridgehead atoms. The van der Waals surface area contributed by atoms with Crippen molar-refractivity contribution >= 4 is 32.6 Å². The Morgan fingerprint density at radius 3 is 2.72 bits per heavy atom. The Morgan fingerprint density at radius 2 is 1.94 bits per heavy atom. The van der Waals surface area contributed by atoms with Crippen molar-refractivity contribution in [2.45, 2.75) is 13.5 Å². The number of hydrogen-bond acceptors (Lipinski definition) is 7. The van der Waals surface area contributed by atoms with E-state index in [4.69, 9.17) is 9.47 Å². The van der Waals surface area contributed by atoms with E-state index in [9.17, 15) is 14.4 Å². The second-order valence-electron chi connectivity index (χ2n) is 6.71. The molecule has 9 nitrogen and oxygen atoms in total. The van der Waals surface area contributed by atoms with Gasteiger partial charge in [0, 0.05) is 18.5 Å². The predicted molar refractivity (Wildman–Crippen MR) is 122 cm³/mol. The van der Waals surface area contributed by atoms with Gasteiger partial charge in [0.2, 0.25) is 5.91 Å². The smallest absolute Gasteiger partial charge is 0.321 e. The fourth-order valence-corrected chi connectivity index (χ4v) is 4.04. The quantitative estimate of drug-likeness (QED) is 0.432. The first-order valence-electron chi connectivity index (χ1n) is 9.79. The maximum Gasteiger partial charge on any atom is 0.321 e. The Balaban J connectivity index is 1.54. The van der Waals surface area contributed by atoms with Gasteiger partial charge in [0.15, 0.2) is 5.13 Å². The summed E-state index contributed by atoms with van der Waals surface area (Å²) in [4.78, 5) is 42.1. The third kappa shape index (κ3) is 4.26. The molecule has 0 spiro atoms. The van der Waals surface area contributed by atoms with Crippen LogP contribution in [0, 0.1) is 0 Å². The van der Waals surface area contributed by atoms with Gasteiger partial charge in [-0.15, -0.1) is 0 Å². The van der Waals surface area contributed by atoms with Crippen molar-refractivity contribution in [3.05, 3.63) is 75.6 Å². The highest BCUT2D eigenvalue weighted by Gasteiger charge is 2.14. The van der Waals surface area contributed by atoms with Gasteiger partial charge in [-0.3, -0.25) is 23.5 Å². The molecule has 164 valence electrons. The number of anilines is 1. The highest BCUT2D eigenvalue weighted by atomic mass is 32.1. The molecular weight excluding hydrogens is 432 g/mol. The largest absolute Gasteiger partial charge is 0.495 e. The molecule has 4 rings (SSSR count). The lowest BCUT2D eigenvalue weighted by Crippen LogP contribution is -2.41. The van der Waals surface area contributed by atoms with E-state index < -0.39 is 17.0 Å². The number of nitrogens with zero attached hydrogens (tertiary/aromatic N) is 3. The van der Waals surface area contributed by atoms with Crippen LogP contribution >= 0.6 is 11.3 Å². The number of rotatable bonds is 7. The Labute approximate surface area is 186 Å². The number of fused-ring (bicyclic) bond motifs is 1. The highest BCUT2D eigenvalue weighted by Crippen LogP contribution is 2.29. The lowest BCUT2D eigenvalue weighted by molar-refractivity contribution is -0.116. The molecule has 0 aliphatic carbocycles. The third-order valence-corrected chi connectivity index (χ3v) is 5.59. The van der Waals surface area contributed by atoms with Gasteiger partial charge in [0.1, 0.15) is 18.0 Å². The number of nitrogens with one attached hydrogen (secondary N) is 1. The number of carbonyl (C=O) groups excluding carboxylic acids is 1. The minimum Gasteiger partial charge on any atom is -0.495 e. The average molecular weight is 452 g/mol. The van der Waals surface area contributed by atoms with Crippen LogP contribution in [-0.4, -0.2) is 33.7 Å². The molecule has 0 atom stereocenters. The topological polar surface area (TPSA) is 104 Å². The molecule has 0 aliphatic rings. The van der Waals surface area contributed by atoms with Crippen molar-refractivity contribution in [3.63, 3.8) is 0 Å². The zero-order chi connectivity index (χ0) is 22.7. The van der Waals surface area contributed by atoms with E-state index in [0.29, 0.717) is 34.4 Å². The lowest BCUT2D eigenvalue weighted by atomic mass is 10.3. The van der Waals surface area contributed by atoms with Gasteiger partial charge >= 0.3 is 11.1 Å². The van der Waals surface area contributed by atoms with Crippen LogP contribution in [-0.2, 0) is 11.3 Å². The Bertz CT molecular complexity index is 1410. The molecule has 4 aromatic rings. The van der Waals surface area contributed by atoms with Crippen LogP contribution in [0.15, 0.2) is 64.4 Å². The normalized spacial score (nSPS) is 10.8. The first-order chi connectivity index (χ1) is 15.5. The first-order valence-corrected chi connectivity index (χ1v) is 10.6. The van der Waals surface area contributed by atoms with Crippen molar-refractivity contribution in [3.8, 4) is 17.2 Å². The van der Waals surface area contributed by atoms with E-state index in [1.54, 1.807) is 30.3 Å². The number of ether oxygens (including phenoxy) is 2. The van der Waals surface area contributed by atoms with Crippen LogP contribution in [0.3, 0.4) is 0 Å². The van der Waals surface area contributed by atoms with E-state index in [1.165, 1.54) is 35.4 Å². The van der Waals surface area contributed by atoms with Gasteiger partial charge in [-0.25, -0.2) is 4.98 Å². The maximum atomic E-state index is 12.6. The predicted octanol–water partition coefficient (Wildman–Crippen LogP) is 2.65. The zero-order valence-corrected chi connectivity index (χ0v) is 18.2. The van der Waals surface area contributed by atoms with Crippen LogP contribution in [0.2, 0.25) is 0 Å². The highest BCUT2D eigenvalue weighted by molar-refractivity contribution is 7.22. The Morgan fingerprint density at radius 1 is 1.12 bits per heavy atom. The monoisotopic (exact) mass is 452 g/mol. The fourth-order valence-electron chi connectivity index (χ4n) is 3.18. The molecule has 0 fully saturated rings. The SMILES string of the molecule is CCOc1ccc2sc(NC(=O)Cn3ccn(-c4ccccc4OC)c(=O)c3=O)nc2c1.